The number of rotatable bonds is 1. The Kier molecular flexibility index (Phi) is 1.82. The summed E-state index contributed by atoms with van der Waals surface area (Å²) in [6, 6.07) is 0. The molecule has 12 heavy (non-hydrogen) atoms. The monoisotopic (exact) mass is 200 g/mol. The molecule has 0 radical (unpaired) electrons. The number of aryl methyl sites for hydroxylation is 1. The second-order valence-corrected chi connectivity index (χ2v) is 3.23. The number of aromatic nitrogens is 4. The van der Waals surface area contributed by atoms with Crippen molar-refractivity contribution in [1.29, 1.82) is 0 Å². The molecule has 2 rings (SSSR count). The Morgan fingerprint density at radius 2 is 2.33 bits per heavy atom. The summed E-state index contributed by atoms with van der Waals surface area (Å²) in [5.74, 6) is 0.592. The second kappa shape index (κ2) is 2.84. The molecule has 0 aliphatic rings. The molecule has 0 aromatic carbocycles. The lowest BCUT2D eigenvalue weighted by Gasteiger charge is -1.92. The number of hydrogen-bond acceptors (Lipinski definition) is 4. The molecule has 2 aromatic heterocycles. The molecule has 2 heterocycles. The van der Waals surface area contributed by atoms with E-state index in [0.29, 0.717) is 11.0 Å². The summed E-state index contributed by atoms with van der Waals surface area (Å²) in [6.07, 6.45) is 3.60. The van der Waals surface area contributed by atoms with Gasteiger partial charge >= 0.3 is 0 Å². The molecule has 0 aliphatic carbocycles. The third-order valence-corrected chi connectivity index (χ3v) is 2.23. The van der Waals surface area contributed by atoms with Crippen molar-refractivity contribution >= 4 is 23.3 Å². The predicted octanol–water partition coefficient (Wildman–Crippen LogP) is 1.69. The minimum absolute atomic E-state index is 0.392. The maximum absolute atomic E-state index is 5.76. The fraction of sp³-hybridized carbons (Fsp3) is 0.167. The van der Waals surface area contributed by atoms with Crippen molar-refractivity contribution in [3.05, 3.63) is 23.1 Å². The maximum Gasteiger partial charge on any atom is 0.206 e. The highest BCUT2D eigenvalue weighted by Crippen LogP contribution is 2.16. The molecule has 0 amide bonds. The van der Waals surface area contributed by atoms with Crippen molar-refractivity contribution in [2.24, 2.45) is 0 Å². The first-order chi connectivity index (χ1) is 5.77. The van der Waals surface area contributed by atoms with Gasteiger partial charge in [-0.1, -0.05) is 11.6 Å². The van der Waals surface area contributed by atoms with E-state index < -0.39 is 0 Å². The van der Waals surface area contributed by atoms with Gasteiger partial charge in [-0.15, -0.1) is 0 Å². The summed E-state index contributed by atoms with van der Waals surface area (Å²) < 4.78 is 9.45. The second-order valence-electron chi connectivity index (χ2n) is 2.34. The molecular weight excluding hydrogens is 196 g/mol. The van der Waals surface area contributed by atoms with Crippen LogP contribution in [-0.4, -0.2) is 18.5 Å². The Hall–Kier alpha value is -0.940. The first-order valence-electron chi connectivity index (χ1n) is 3.27. The van der Waals surface area contributed by atoms with Crippen LogP contribution in [0.25, 0.3) is 5.82 Å². The fourth-order valence-corrected chi connectivity index (χ4v) is 1.55. The SMILES string of the molecule is Cc1cnn(-c2nsnc2Cl)c1. The van der Waals surface area contributed by atoms with E-state index in [9.17, 15) is 0 Å². The van der Waals surface area contributed by atoms with Crippen LogP contribution in [-0.2, 0) is 0 Å². The smallest absolute Gasteiger partial charge is 0.206 e. The van der Waals surface area contributed by atoms with E-state index in [0.717, 1.165) is 17.3 Å². The van der Waals surface area contributed by atoms with Crippen molar-refractivity contribution in [3.8, 4) is 5.82 Å². The largest absolute Gasteiger partial charge is 0.219 e. The molecule has 0 fully saturated rings. The van der Waals surface area contributed by atoms with Crippen LogP contribution in [0.1, 0.15) is 5.56 Å². The van der Waals surface area contributed by atoms with Crippen LogP contribution < -0.4 is 0 Å². The van der Waals surface area contributed by atoms with Crippen molar-refractivity contribution in [2.75, 3.05) is 0 Å². The van der Waals surface area contributed by atoms with E-state index in [-0.39, 0.29) is 0 Å². The maximum atomic E-state index is 5.76. The lowest BCUT2D eigenvalue weighted by Crippen LogP contribution is -1.94. The van der Waals surface area contributed by atoms with E-state index in [1.54, 1.807) is 10.9 Å². The van der Waals surface area contributed by atoms with Gasteiger partial charge in [0.25, 0.3) is 0 Å². The molecular formula is C6H5ClN4S. The summed E-state index contributed by atoms with van der Waals surface area (Å²) in [5, 5.41) is 4.45. The molecule has 0 saturated carbocycles. The van der Waals surface area contributed by atoms with Gasteiger partial charge < -0.3 is 0 Å². The van der Waals surface area contributed by atoms with Gasteiger partial charge in [0.1, 0.15) is 0 Å². The van der Waals surface area contributed by atoms with Gasteiger partial charge in [-0.25, -0.2) is 4.68 Å². The average molecular weight is 201 g/mol. The number of nitrogens with zero attached hydrogens (tertiary/aromatic N) is 4. The highest BCUT2D eigenvalue weighted by molar-refractivity contribution is 6.99. The summed E-state index contributed by atoms with van der Waals surface area (Å²) in [4.78, 5) is 0. The Labute approximate surface area is 78.1 Å². The summed E-state index contributed by atoms with van der Waals surface area (Å²) >= 11 is 6.84. The van der Waals surface area contributed by atoms with Gasteiger partial charge in [-0.3, -0.25) is 0 Å². The van der Waals surface area contributed by atoms with Crippen LogP contribution in [0.5, 0.6) is 0 Å². The zero-order valence-corrected chi connectivity index (χ0v) is 7.80. The zero-order valence-electron chi connectivity index (χ0n) is 6.23. The zero-order chi connectivity index (χ0) is 8.55. The van der Waals surface area contributed by atoms with Gasteiger partial charge in [0.05, 0.1) is 17.9 Å². The summed E-state index contributed by atoms with van der Waals surface area (Å²) in [6.45, 7) is 1.96. The average Bonchev–Trinajstić information content (AvgIpc) is 2.58. The lowest BCUT2D eigenvalue weighted by atomic mass is 10.4. The Morgan fingerprint density at radius 1 is 1.50 bits per heavy atom. The van der Waals surface area contributed by atoms with Gasteiger partial charge in [0, 0.05) is 6.20 Å². The molecule has 0 aliphatic heterocycles. The number of hydrogen-bond donors (Lipinski definition) is 0. The van der Waals surface area contributed by atoms with Crippen molar-refractivity contribution in [3.63, 3.8) is 0 Å². The lowest BCUT2D eigenvalue weighted by molar-refractivity contribution is 0.859. The van der Waals surface area contributed by atoms with Crippen LogP contribution in [0.15, 0.2) is 12.4 Å². The van der Waals surface area contributed by atoms with Crippen LogP contribution in [0, 0.1) is 6.92 Å². The number of halogens is 1. The first-order valence-corrected chi connectivity index (χ1v) is 4.38. The molecule has 0 atom stereocenters. The minimum atomic E-state index is 0.392. The van der Waals surface area contributed by atoms with Crippen molar-refractivity contribution < 1.29 is 0 Å². The van der Waals surface area contributed by atoms with Gasteiger partial charge in [-0.2, -0.15) is 13.8 Å². The summed E-state index contributed by atoms with van der Waals surface area (Å²) in [7, 11) is 0. The highest BCUT2D eigenvalue weighted by atomic mass is 35.5. The normalized spacial score (nSPS) is 10.5. The van der Waals surface area contributed by atoms with E-state index in [4.69, 9.17) is 11.6 Å². The van der Waals surface area contributed by atoms with E-state index in [1.165, 1.54) is 0 Å². The molecule has 0 spiro atoms. The Morgan fingerprint density at radius 3 is 2.83 bits per heavy atom. The molecule has 0 saturated heterocycles. The quantitative estimate of drug-likeness (QED) is 0.704. The van der Waals surface area contributed by atoms with Crippen LogP contribution in [0.2, 0.25) is 5.15 Å². The highest BCUT2D eigenvalue weighted by Gasteiger charge is 2.07. The fourth-order valence-electron chi connectivity index (χ4n) is 0.838. The Bertz CT molecular complexity index is 394. The van der Waals surface area contributed by atoms with E-state index in [2.05, 4.69) is 13.8 Å². The molecule has 6 heteroatoms. The van der Waals surface area contributed by atoms with Gasteiger partial charge in [0.2, 0.25) is 5.82 Å². The molecule has 0 N–H and O–H groups in total. The van der Waals surface area contributed by atoms with Gasteiger partial charge in [-0.05, 0) is 12.5 Å². The first kappa shape index (κ1) is 7.70. The molecule has 0 bridgehead atoms. The van der Waals surface area contributed by atoms with Crippen LogP contribution in [0.4, 0.5) is 0 Å². The standard InChI is InChI=1S/C6H5ClN4S/c1-4-2-8-11(3-4)6-5(7)9-12-10-6/h2-3H,1H3. The molecule has 2 aromatic rings. The van der Waals surface area contributed by atoms with Gasteiger partial charge in [0.15, 0.2) is 5.15 Å². The van der Waals surface area contributed by atoms with Crippen LogP contribution >= 0.6 is 23.3 Å². The van der Waals surface area contributed by atoms with E-state index in [1.807, 2.05) is 13.1 Å². The summed E-state index contributed by atoms with van der Waals surface area (Å²) in [5.41, 5.74) is 1.07. The minimum Gasteiger partial charge on any atom is -0.219 e. The van der Waals surface area contributed by atoms with Crippen LogP contribution in [0.3, 0.4) is 0 Å². The third kappa shape index (κ3) is 1.21. The van der Waals surface area contributed by atoms with Crippen molar-refractivity contribution in [2.45, 2.75) is 6.92 Å². The molecule has 62 valence electrons. The van der Waals surface area contributed by atoms with Crippen molar-refractivity contribution in [1.82, 2.24) is 18.5 Å². The predicted molar refractivity (Wildman–Crippen MR) is 46.8 cm³/mol. The topological polar surface area (TPSA) is 43.6 Å². The molecule has 0 unspecified atom stereocenters. The Balaban J connectivity index is 2.50. The third-order valence-electron chi connectivity index (χ3n) is 1.36. The molecule has 4 nitrogen and oxygen atoms in total. The van der Waals surface area contributed by atoms with E-state index >= 15 is 0 Å².